The second kappa shape index (κ2) is 8.36. The van der Waals surface area contributed by atoms with Gasteiger partial charge in [0.1, 0.15) is 0 Å². The van der Waals surface area contributed by atoms with E-state index in [9.17, 15) is 4.79 Å². The van der Waals surface area contributed by atoms with Crippen molar-refractivity contribution < 1.29 is 4.79 Å². The molecule has 0 aliphatic rings. The third kappa shape index (κ3) is 5.54. The van der Waals surface area contributed by atoms with Gasteiger partial charge in [-0.1, -0.05) is 44.6 Å². The smallest absolute Gasteiger partial charge is 0.224 e. The van der Waals surface area contributed by atoms with Crippen molar-refractivity contribution in [3.8, 4) is 12.3 Å². The molecule has 0 aliphatic heterocycles. The maximum atomic E-state index is 11.7. The quantitative estimate of drug-likeness (QED) is 0.570. The van der Waals surface area contributed by atoms with Crippen molar-refractivity contribution in [1.29, 1.82) is 0 Å². The van der Waals surface area contributed by atoms with Crippen LogP contribution < -0.4 is 5.32 Å². The minimum Gasteiger partial charge on any atom is -0.326 e. The van der Waals surface area contributed by atoms with E-state index in [1.54, 1.807) is 0 Å². The molecule has 0 fully saturated rings. The summed E-state index contributed by atoms with van der Waals surface area (Å²) in [6, 6.07) is 7.37. The highest BCUT2D eigenvalue weighted by molar-refractivity contribution is 5.90. The Kier molecular flexibility index (Phi) is 6.64. The van der Waals surface area contributed by atoms with Crippen LogP contribution in [0.1, 0.15) is 51.0 Å². The number of anilines is 1. The first-order valence-electron chi connectivity index (χ1n) is 6.62. The minimum absolute atomic E-state index is 0.0701. The normalized spacial score (nSPS) is 9.78. The van der Waals surface area contributed by atoms with Gasteiger partial charge in [-0.3, -0.25) is 4.79 Å². The second-order valence-electron chi connectivity index (χ2n) is 4.44. The Morgan fingerprint density at radius 3 is 2.78 bits per heavy atom. The Labute approximate surface area is 110 Å². The van der Waals surface area contributed by atoms with E-state index in [2.05, 4.69) is 18.2 Å². The van der Waals surface area contributed by atoms with E-state index in [0.29, 0.717) is 6.42 Å². The average molecular weight is 243 g/mol. The van der Waals surface area contributed by atoms with E-state index in [1.807, 2.05) is 24.3 Å². The Balaban J connectivity index is 2.29. The van der Waals surface area contributed by atoms with E-state index >= 15 is 0 Å². The number of benzene rings is 1. The third-order valence-electron chi connectivity index (χ3n) is 2.82. The molecule has 0 saturated carbocycles. The van der Waals surface area contributed by atoms with E-state index in [0.717, 1.165) is 24.1 Å². The van der Waals surface area contributed by atoms with E-state index in [1.165, 1.54) is 19.3 Å². The summed E-state index contributed by atoms with van der Waals surface area (Å²) in [5.41, 5.74) is 1.57. The molecule has 0 spiro atoms. The summed E-state index contributed by atoms with van der Waals surface area (Å²) in [5.74, 6) is 2.63. The number of amides is 1. The summed E-state index contributed by atoms with van der Waals surface area (Å²) in [5, 5.41) is 2.87. The van der Waals surface area contributed by atoms with Crippen LogP contribution in [0.15, 0.2) is 24.3 Å². The van der Waals surface area contributed by atoms with Gasteiger partial charge in [-0.05, 0) is 24.6 Å². The van der Waals surface area contributed by atoms with Crippen molar-refractivity contribution in [2.24, 2.45) is 0 Å². The molecule has 0 saturated heterocycles. The molecule has 0 aliphatic carbocycles. The fourth-order valence-corrected chi connectivity index (χ4v) is 1.80. The Hall–Kier alpha value is -1.75. The van der Waals surface area contributed by atoms with Crippen LogP contribution in [0, 0.1) is 12.3 Å². The molecule has 1 aromatic rings. The molecular weight excluding hydrogens is 222 g/mol. The molecule has 0 heterocycles. The van der Waals surface area contributed by atoms with Crippen molar-refractivity contribution >= 4 is 11.6 Å². The molecule has 0 atom stereocenters. The molecule has 0 aromatic heterocycles. The summed E-state index contributed by atoms with van der Waals surface area (Å²) in [6.45, 7) is 2.19. The lowest BCUT2D eigenvalue weighted by molar-refractivity contribution is -0.116. The van der Waals surface area contributed by atoms with Crippen LogP contribution in [-0.2, 0) is 4.79 Å². The fraction of sp³-hybridized carbons (Fsp3) is 0.438. The van der Waals surface area contributed by atoms with E-state index in [4.69, 9.17) is 6.42 Å². The largest absolute Gasteiger partial charge is 0.326 e. The number of hydrogen-bond acceptors (Lipinski definition) is 1. The molecule has 0 bridgehead atoms. The molecule has 18 heavy (non-hydrogen) atoms. The molecule has 96 valence electrons. The first-order chi connectivity index (χ1) is 8.76. The van der Waals surface area contributed by atoms with Crippen molar-refractivity contribution in [2.45, 2.75) is 45.4 Å². The lowest BCUT2D eigenvalue weighted by Gasteiger charge is -2.05. The molecular formula is C16H21NO. The van der Waals surface area contributed by atoms with Gasteiger partial charge in [-0.15, -0.1) is 6.42 Å². The Morgan fingerprint density at radius 2 is 2.06 bits per heavy atom. The monoisotopic (exact) mass is 243 g/mol. The third-order valence-corrected chi connectivity index (χ3v) is 2.82. The predicted molar refractivity (Wildman–Crippen MR) is 76.4 cm³/mol. The molecule has 0 radical (unpaired) electrons. The zero-order chi connectivity index (χ0) is 13.2. The number of carbonyl (C=O) groups excluding carboxylic acids is 1. The second-order valence-corrected chi connectivity index (χ2v) is 4.44. The van der Waals surface area contributed by atoms with E-state index in [-0.39, 0.29) is 5.91 Å². The van der Waals surface area contributed by atoms with Crippen LogP contribution in [0.2, 0.25) is 0 Å². The molecule has 1 aromatic carbocycles. The molecule has 1 rings (SSSR count). The maximum absolute atomic E-state index is 11.7. The highest BCUT2D eigenvalue weighted by Gasteiger charge is 2.02. The standard InChI is InChI=1S/C16H21NO/c1-3-5-6-7-8-12-16(18)17-15-11-9-10-14(4-2)13-15/h2,9-11,13H,3,5-8,12H2,1H3,(H,17,18). The van der Waals surface area contributed by atoms with Crippen LogP contribution in [0.3, 0.4) is 0 Å². The van der Waals surface area contributed by atoms with Crippen molar-refractivity contribution in [3.63, 3.8) is 0 Å². The van der Waals surface area contributed by atoms with Gasteiger partial charge in [0.05, 0.1) is 0 Å². The van der Waals surface area contributed by atoms with Gasteiger partial charge in [-0.2, -0.15) is 0 Å². The van der Waals surface area contributed by atoms with Crippen LogP contribution in [0.4, 0.5) is 5.69 Å². The molecule has 1 N–H and O–H groups in total. The van der Waals surface area contributed by atoms with Gasteiger partial charge in [0.25, 0.3) is 0 Å². The lowest BCUT2D eigenvalue weighted by atomic mass is 10.1. The highest BCUT2D eigenvalue weighted by atomic mass is 16.1. The molecule has 2 heteroatoms. The van der Waals surface area contributed by atoms with Gasteiger partial charge in [0.15, 0.2) is 0 Å². The highest BCUT2D eigenvalue weighted by Crippen LogP contribution is 2.11. The number of unbranched alkanes of at least 4 members (excludes halogenated alkanes) is 4. The summed E-state index contributed by atoms with van der Waals surface area (Å²) in [6.07, 6.45) is 11.7. The van der Waals surface area contributed by atoms with Gasteiger partial charge in [0.2, 0.25) is 5.91 Å². The SMILES string of the molecule is C#Cc1cccc(NC(=O)CCCCCCC)c1. The Bertz CT molecular complexity index is 417. The van der Waals surface area contributed by atoms with E-state index < -0.39 is 0 Å². The van der Waals surface area contributed by atoms with Crippen molar-refractivity contribution in [3.05, 3.63) is 29.8 Å². The number of rotatable bonds is 7. The molecule has 0 unspecified atom stereocenters. The number of terminal acetylenes is 1. The van der Waals surface area contributed by atoms with Crippen LogP contribution in [-0.4, -0.2) is 5.91 Å². The Morgan fingerprint density at radius 1 is 1.28 bits per heavy atom. The van der Waals surface area contributed by atoms with Gasteiger partial charge in [0, 0.05) is 17.7 Å². The molecule has 1 amide bonds. The summed E-state index contributed by atoms with van der Waals surface area (Å²) < 4.78 is 0. The average Bonchev–Trinajstić information content (AvgIpc) is 2.38. The zero-order valence-corrected chi connectivity index (χ0v) is 11.0. The first kappa shape index (κ1) is 14.3. The number of nitrogens with one attached hydrogen (secondary N) is 1. The fourth-order valence-electron chi connectivity index (χ4n) is 1.80. The van der Waals surface area contributed by atoms with Gasteiger partial charge < -0.3 is 5.32 Å². The van der Waals surface area contributed by atoms with Crippen molar-refractivity contribution in [2.75, 3.05) is 5.32 Å². The summed E-state index contributed by atoms with van der Waals surface area (Å²) in [4.78, 5) is 11.7. The maximum Gasteiger partial charge on any atom is 0.224 e. The molecule has 2 nitrogen and oxygen atoms in total. The van der Waals surface area contributed by atoms with Crippen molar-refractivity contribution in [1.82, 2.24) is 0 Å². The topological polar surface area (TPSA) is 29.1 Å². The first-order valence-corrected chi connectivity index (χ1v) is 6.62. The van der Waals surface area contributed by atoms with Crippen LogP contribution in [0.25, 0.3) is 0 Å². The minimum atomic E-state index is 0.0701. The van der Waals surface area contributed by atoms with Gasteiger partial charge >= 0.3 is 0 Å². The van der Waals surface area contributed by atoms with Gasteiger partial charge in [-0.25, -0.2) is 0 Å². The number of hydrogen-bond donors (Lipinski definition) is 1. The predicted octanol–water partition coefficient (Wildman–Crippen LogP) is 3.97. The van der Waals surface area contributed by atoms with Crippen LogP contribution >= 0.6 is 0 Å². The zero-order valence-electron chi connectivity index (χ0n) is 11.0. The van der Waals surface area contributed by atoms with Crippen LogP contribution in [0.5, 0.6) is 0 Å². The summed E-state index contributed by atoms with van der Waals surface area (Å²) in [7, 11) is 0. The summed E-state index contributed by atoms with van der Waals surface area (Å²) >= 11 is 0. The lowest BCUT2D eigenvalue weighted by Crippen LogP contribution is -2.11. The number of carbonyl (C=O) groups is 1.